The van der Waals surface area contributed by atoms with Gasteiger partial charge in [-0.25, -0.2) is 4.98 Å². The van der Waals surface area contributed by atoms with Crippen LogP contribution in [0.3, 0.4) is 0 Å². The minimum atomic E-state index is 0.580. The lowest BCUT2D eigenvalue weighted by Crippen LogP contribution is -2.40. The lowest BCUT2D eigenvalue weighted by Gasteiger charge is -2.25. The number of nitrogens with one attached hydrogen (secondary N) is 1. The molecule has 1 aromatic rings. The molecule has 0 bridgehead atoms. The van der Waals surface area contributed by atoms with Crippen LogP contribution in [0.5, 0.6) is 0 Å². The van der Waals surface area contributed by atoms with Gasteiger partial charge in [-0.05, 0) is 0 Å². The van der Waals surface area contributed by atoms with Crippen LogP contribution in [0, 0.1) is 0 Å². The Morgan fingerprint density at radius 3 is 2.75 bits per heavy atom. The van der Waals surface area contributed by atoms with Gasteiger partial charge in [0.15, 0.2) is 0 Å². The first-order chi connectivity index (χ1) is 5.77. The molecule has 1 aromatic heterocycles. The Balaban J connectivity index is 2.12. The number of thiazole rings is 1. The van der Waals surface area contributed by atoms with E-state index in [1.54, 1.807) is 11.3 Å². The zero-order valence-electron chi connectivity index (χ0n) is 7.50. The van der Waals surface area contributed by atoms with Crippen molar-refractivity contribution in [3.8, 4) is 0 Å². The Bertz CT molecular complexity index is 263. The average Bonchev–Trinajstić information content (AvgIpc) is 2.32. The molecule has 0 unspecified atom stereocenters. The highest BCUT2D eigenvalue weighted by atomic mass is 32.1. The molecule has 2 rings (SSSR count). The van der Waals surface area contributed by atoms with Gasteiger partial charge in [0.2, 0.25) is 0 Å². The summed E-state index contributed by atoms with van der Waals surface area (Å²) in [5, 5.41) is 6.75. The van der Waals surface area contributed by atoms with Crippen molar-refractivity contribution in [2.24, 2.45) is 0 Å². The van der Waals surface area contributed by atoms with E-state index in [-0.39, 0.29) is 0 Å². The van der Waals surface area contributed by atoms with Gasteiger partial charge in [-0.2, -0.15) is 0 Å². The summed E-state index contributed by atoms with van der Waals surface area (Å²) in [6.07, 6.45) is 0. The van der Waals surface area contributed by atoms with E-state index in [0.717, 1.165) is 13.1 Å². The second kappa shape index (κ2) is 3.15. The van der Waals surface area contributed by atoms with Gasteiger partial charge in [0.05, 0.1) is 10.7 Å². The molecule has 12 heavy (non-hydrogen) atoms. The van der Waals surface area contributed by atoms with E-state index in [2.05, 4.69) is 29.5 Å². The molecule has 0 amide bonds. The second-order valence-electron chi connectivity index (χ2n) is 3.62. The molecule has 0 spiro atoms. The van der Waals surface area contributed by atoms with Crippen molar-refractivity contribution in [3.63, 3.8) is 0 Å². The molecule has 0 atom stereocenters. The van der Waals surface area contributed by atoms with E-state index in [1.807, 2.05) is 0 Å². The molecular formula is C9H14N2S. The highest BCUT2D eigenvalue weighted by molar-refractivity contribution is 7.09. The quantitative estimate of drug-likeness (QED) is 0.756. The zero-order chi connectivity index (χ0) is 8.55. The lowest BCUT2D eigenvalue weighted by molar-refractivity contribution is 0.440. The van der Waals surface area contributed by atoms with Crippen LogP contribution in [-0.4, -0.2) is 18.1 Å². The lowest BCUT2D eigenvalue weighted by atomic mass is 10.0. The molecule has 1 saturated heterocycles. The molecule has 3 heteroatoms. The number of rotatable bonds is 2. The molecular weight excluding hydrogens is 168 g/mol. The standard InChI is InChI=1S/C9H14N2S/c1-6(2)9-11-8(5-12-9)7-3-10-4-7/h5-7,10H,3-4H2,1-2H3. The molecule has 1 aliphatic rings. The topological polar surface area (TPSA) is 24.9 Å². The third-order valence-corrected chi connectivity index (χ3v) is 3.40. The number of hydrogen-bond acceptors (Lipinski definition) is 3. The largest absolute Gasteiger partial charge is 0.315 e. The van der Waals surface area contributed by atoms with Crippen LogP contribution >= 0.6 is 11.3 Å². The van der Waals surface area contributed by atoms with E-state index in [1.165, 1.54) is 10.7 Å². The smallest absolute Gasteiger partial charge is 0.0953 e. The fourth-order valence-corrected chi connectivity index (χ4v) is 2.17. The van der Waals surface area contributed by atoms with Crippen molar-refractivity contribution in [2.45, 2.75) is 25.7 Å². The first-order valence-electron chi connectivity index (χ1n) is 4.43. The minimum absolute atomic E-state index is 0.580. The van der Waals surface area contributed by atoms with Crippen molar-refractivity contribution in [1.29, 1.82) is 0 Å². The predicted molar refractivity (Wildman–Crippen MR) is 51.8 cm³/mol. The van der Waals surface area contributed by atoms with Crippen LogP contribution in [0.15, 0.2) is 5.38 Å². The molecule has 1 N–H and O–H groups in total. The summed E-state index contributed by atoms with van der Waals surface area (Å²) in [6.45, 7) is 6.62. The molecule has 0 saturated carbocycles. The van der Waals surface area contributed by atoms with Crippen LogP contribution in [0.25, 0.3) is 0 Å². The first kappa shape index (κ1) is 8.20. The van der Waals surface area contributed by atoms with E-state index in [0.29, 0.717) is 11.8 Å². The summed E-state index contributed by atoms with van der Waals surface area (Å²) < 4.78 is 0. The minimum Gasteiger partial charge on any atom is -0.315 e. The van der Waals surface area contributed by atoms with Gasteiger partial charge in [0.1, 0.15) is 0 Å². The van der Waals surface area contributed by atoms with E-state index < -0.39 is 0 Å². The summed E-state index contributed by atoms with van der Waals surface area (Å²) in [5.74, 6) is 1.27. The monoisotopic (exact) mass is 182 g/mol. The van der Waals surface area contributed by atoms with E-state index in [9.17, 15) is 0 Å². The Hall–Kier alpha value is -0.410. The third-order valence-electron chi connectivity index (χ3n) is 2.23. The first-order valence-corrected chi connectivity index (χ1v) is 5.31. The van der Waals surface area contributed by atoms with Crippen molar-refractivity contribution in [2.75, 3.05) is 13.1 Å². The van der Waals surface area contributed by atoms with Crippen LogP contribution in [0.1, 0.15) is 36.4 Å². The summed E-state index contributed by atoms with van der Waals surface area (Å²) in [6, 6.07) is 0. The van der Waals surface area contributed by atoms with Gasteiger partial charge in [-0.15, -0.1) is 11.3 Å². The maximum absolute atomic E-state index is 4.61. The highest BCUT2D eigenvalue weighted by Crippen LogP contribution is 2.25. The summed E-state index contributed by atoms with van der Waals surface area (Å²) in [7, 11) is 0. The molecule has 0 aromatic carbocycles. The highest BCUT2D eigenvalue weighted by Gasteiger charge is 2.21. The summed E-state index contributed by atoms with van der Waals surface area (Å²) in [5.41, 5.74) is 1.29. The van der Waals surface area contributed by atoms with Gasteiger partial charge in [-0.1, -0.05) is 13.8 Å². The number of nitrogens with zero attached hydrogens (tertiary/aromatic N) is 1. The normalized spacial score (nSPS) is 18.2. The molecule has 1 aliphatic heterocycles. The SMILES string of the molecule is CC(C)c1nc(C2CNC2)cs1. The number of aromatic nitrogens is 1. The Morgan fingerprint density at radius 2 is 2.33 bits per heavy atom. The van der Waals surface area contributed by atoms with Gasteiger partial charge in [0, 0.05) is 30.3 Å². The predicted octanol–water partition coefficient (Wildman–Crippen LogP) is 1.95. The van der Waals surface area contributed by atoms with Crippen molar-refractivity contribution < 1.29 is 0 Å². The van der Waals surface area contributed by atoms with Crippen LogP contribution in [-0.2, 0) is 0 Å². The van der Waals surface area contributed by atoms with E-state index >= 15 is 0 Å². The van der Waals surface area contributed by atoms with Crippen LogP contribution < -0.4 is 5.32 Å². The fraction of sp³-hybridized carbons (Fsp3) is 0.667. The Kier molecular flexibility index (Phi) is 2.15. The molecule has 2 nitrogen and oxygen atoms in total. The van der Waals surface area contributed by atoms with E-state index in [4.69, 9.17) is 0 Å². The summed E-state index contributed by atoms with van der Waals surface area (Å²) in [4.78, 5) is 4.61. The van der Waals surface area contributed by atoms with Crippen molar-refractivity contribution in [1.82, 2.24) is 10.3 Å². The Labute approximate surface area is 77.0 Å². The molecule has 0 aliphatic carbocycles. The van der Waals surface area contributed by atoms with Gasteiger partial charge >= 0.3 is 0 Å². The molecule has 66 valence electrons. The third kappa shape index (κ3) is 1.39. The summed E-state index contributed by atoms with van der Waals surface area (Å²) >= 11 is 1.80. The maximum Gasteiger partial charge on any atom is 0.0953 e. The maximum atomic E-state index is 4.61. The average molecular weight is 182 g/mol. The Morgan fingerprint density at radius 1 is 1.58 bits per heavy atom. The van der Waals surface area contributed by atoms with Gasteiger partial charge < -0.3 is 5.32 Å². The zero-order valence-corrected chi connectivity index (χ0v) is 8.32. The molecule has 0 radical (unpaired) electrons. The van der Waals surface area contributed by atoms with Crippen molar-refractivity contribution >= 4 is 11.3 Å². The van der Waals surface area contributed by atoms with Crippen LogP contribution in [0.2, 0.25) is 0 Å². The molecule has 2 heterocycles. The van der Waals surface area contributed by atoms with Gasteiger partial charge in [0.25, 0.3) is 0 Å². The second-order valence-corrected chi connectivity index (χ2v) is 4.51. The number of hydrogen-bond donors (Lipinski definition) is 1. The molecule has 1 fully saturated rings. The van der Waals surface area contributed by atoms with Crippen molar-refractivity contribution in [3.05, 3.63) is 16.1 Å². The van der Waals surface area contributed by atoms with Gasteiger partial charge in [-0.3, -0.25) is 0 Å². The fourth-order valence-electron chi connectivity index (χ4n) is 1.25. The van der Waals surface area contributed by atoms with Crippen LogP contribution in [0.4, 0.5) is 0 Å².